The topological polar surface area (TPSA) is 29.3 Å². The van der Waals surface area contributed by atoms with Gasteiger partial charge in [0.05, 0.1) is 0 Å². The minimum absolute atomic E-state index is 0.618. The van der Waals surface area contributed by atoms with Crippen LogP contribution in [0.1, 0.15) is 46.0 Å². The second kappa shape index (κ2) is 8.37. The Balaban J connectivity index is 2.39. The number of nitrogens with two attached hydrogens (primary N) is 1. The van der Waals surface area contributed by atoms with E-state index in [1.165, 1.54) is 50.2 Å². The maximum absolute atomic E-state index is 5.95. The number of nitrogens with zero attached hydrogens (tertiary/aromatic N) is 1. The molecule has 1 rings (SSSR count). The van der Waals surface area contributed by atoms with Gasteiger partial charge in [0.15, 0.2) is 0 Å². The molecule has 96 valence electrons. The van der Waals surface area contributed by atoms with Gasteiger partial charge in [0.2, 0.25) is 0 Å². The van der Waals surface area contributed by atoms with Gasteiger partial charge in [-0.2, -0.15) is 11.8 Å². The van der Waals surface area contributed by atoms with Gasteiger partial charge >= 0.3 is 0 Å². The molecule has 0 spiro atoms. The summed E-state index contributed by atoms with van der Waals surface area (Å²) in [5.41, 5.74) is 5.95. The molecule has 1 aliphatic carbocycles. The summed E-state index contributed by atoms with van der Waals surface area (Å²) in [5, 5.41) is 0. The SMILES string of the molecule is CCSCCC(CN)N(CC)C1CCCC1. The molecule has 3 heteroatoms. The van der Waals surface area contributed by atoms with Crippen molar-refractivity contribution in [3.63, 3.8) is 0 Å². The molecule has 2 nitrogen and oxygen atoms in total. The summed E-state index contributed by atoms with van der Waals surface area (Å²) in [7, 11) is 0. The number of hydrogen-bond donors (Lipinski definition) is 1. The molecule has 1 unspecified atom stereocenters. The van der Waals surface area contributed by atoms with E-state index in [-0.39, 0.29) is 0 Å². The number of thioether (sulfide) groups is 1. The average molecular weight is 244 g/mol. The van der Waals surface area contributed by atoms with E-state index in [1.807, 2.05) is 11.8 Å². The van der Waals surface area contributed by atoms with Crippen LogP contribution >= 0.6 is 11.8 Å². The summed E-state index contributed by atoms with van der Waals surface area (Å²) in [6.45, 7) is 6.52. The van der Waals surface area contributed by atoms with Crippen molar-refractivity contribution < 1.29 is 0 Å². The van der Waals surface area contributed by atoms with Gasteiger partial charge < -0.3 is 5.73 Å². The van der Waals surface area contributed by atoms with Crippen LogP contribution in [-0.4, -0.2) is 41.6 Å². The summed E-state index contributed by atoms with van der Waals surface area (Å²) in [6.07, 6.45) is 6.89. The van der Waals surface area contributed by atoms with Crippen molar-refractivity contribution in [3.8, 4) is 0 Å². The molecule has 1 saturated carbocycles. The molecule has 1 fully saturated rings. The van der Waals surface area contributed by atoms with Crippen molar-refractivity contribution in [3.05, 3.63) is 0 Å². The Morgan fingerprint density at radius 2 is 2.00 bits per heavy atom. The van der Waals surface area contributed by atoms with Crippen LogP contribution in [0.2, 0.25) is 0 Å². The van der Waals surface area contributed by atoms with E-state index in [0.29, 0.717) is 6.04 Å². The highest BCUT2D eigenvalue weighted by Crippen LogP contribution is 2.25. The Morgan fingerprint density at radius 1 is 1.31 bits per heavy atom. The van der Waals surface area contributed by atoms with Crippen LogP contribution < -0.4 is 5.73 Å². The zero-order chi connectivity index (χ0) is 11.8. The molecule has 0 aromatic rings. The normalized spacial score (nSPS) is 19.5. The first-order valence-corrected chi connectivity index (χ1v) is 8.02. The van der Waals surface area contributed by atoms with Crippen LogP contribution in [0.3, 0.4) is 0 Å². The van der Waals surface area contributed by atoms with Crippen LogP contribution in [0, 0.1) is 0 Å². The monoisotopic (exact) mass is 244 g/mol. The highest BCUT2D eigenvalue weighted by Gasteiger charge is 2.26. The van der Waals surface area contributed by atoms with Gasteiger partial charge in [-0.15, -0.1) is 0 Å². The first kappa shape index (κ1) is 14.3. The number of hydrogen-bond acceptors (Lipinski definition) is 3. The fourth-order valence-corrected chi connectivity index (χ4v) is 3.56. The van der Waals surface area contributed by atoms with E-state index in [0.717, 1.165) is 12.6 Å². The molecule has 0 aromatic carbocycles. The molecule has 0 bridgehead atoms. The van der Waals surface area contributed by atoms with Crippen LogP contribution in [0.25, 0.3) is 0 Å². The molecular formula is C13H28N2S. The average Bonchev–Trinajstić information content (AvgIpc) is 2.82. The zero-order valence-corrected chi connectivity index (χ0v) is 11.8. The van der Waals surface area contributed by atoms with Crippen LogP contribution in [0.5, 0.6) is 0 Å². The lowest BCUT2D eigenvalue weighted by atomic mass is 10.1. The Labute approximate surface area is 105 Å². The smallest absolute Gasteiger partial charge is 0.0229 e. The van der Waals surface area contributed by atoms with Crippen LogP contribution in [0.4, 0.5) is 0 Å². The van der Waals surface area contributed by atoms with E-state index in [1.54, 1.807) is 0 Å². The minimum Gasteiger partial charge on any atom is -0.329 e. The van der Waals surface area contributed by atoms with E-state index in [4.69, 9.17) is 5.73 Å². The predicted molar refractivity (Wildman–Crippen MR) is 75.1 cm³/mol. The summed E-state index contributed by atoms with van der Waals surface area (Å²) in [5.74, 6) is 2.49. The van der Waals surface area contributed by atoms with E-state index < -0.39 is 0 Å². The first-order valence-electron chi connectivity index (χ1n) is 6.87. The lowest BCUT2D eigenvalue weighted by molar-refractivity contribution is 0.144. The predicted octanol–water partition coefficient (Wildman–Crippen LogP) is 2.72. The quantitative estimate of drug-likeness (QED) is 0.666. The summed E-state index contributed by atoms with van der Waals surface area (Å²) in [6, 6.07) is 1.44. The van der Waals surface area contributed by atoms with Gasteiger partial charge in [-0.1, -0.05) is 26.7 Å². The van der Waals surface area contributed by atoms with Gasteiger partial charge in [-0.3, -0.25) is 4.90 Å². The Morgan fingerprint density at radius 3 is 2.50 bits per heavy atom. The molecule has 1 aliphatic rings. The van der Waals surface area contributed by atoms with Crippen LogP contribution in [0.15, 0.2) is 0 Å². The van der Waals surface area contributed by atoms with Gasteiger partial charge in [-0.05, 0) is 37.3 Å². The Kier molecular flexibility index (Phi) is 7.50. The van der Waals surface area contributed by atoms with Gasteiger partial charge in [0, 0.05) is 18.6 Å². The van der Waals surface area contributed by atoms with Crippen molar-refractivity contribution in [1.82, 2.24) is 4.90 Å². The molecule has 0 aliphatic heterocycles. The highest BCUT2D eigenvalue weighted by molar-refractivity contribution is 7.99. The van der Waals surface area contributed by atoms with Crippen molar-refractivity contribution in [2.45, 2.75) is 58.0 Å². The van der Waals surface area contributed by atoms with Gasteiger partial charge in [0.1, 0.15) is 0 Å². The number of rotatable bonds is 8. The highest BCUT2D eigenvalue weighted by atomic mass is 32.2. The van der Waals surface area contributed by atoms with Crippen molar-refractivity contribution in [1.29, 1.82) is 0 Å². The third-order valence-corrected chi connectivity index (χ3v) is 4.63. The second-order valence-corrected chi connectivity index (χ2v) is 6.04. The first-order chi connectivity index (χ1) is 7.83. The lowest BCUT2D eigenvalue weighted by Crippen LogP contribution is -2.46. The third-order valence-electron chi connectivity index (χ3n) is 3.70. The molecule has 0 heterocycles. The molecular weight excluding hydrogens is 216 g/mol. The minimum atomic E-state index is 0.618. The lowest BCUT2D eigenvalue weighted by Gasteiger charge is -2.35. The third kappa shape index (κ3) is 4.27. The number of likely N-dealkylation sites (N-methyl/N-ethyl adjacent to an activating group) is 1. The van der Waals surface area contributed by atoms with Gasteiger partial charge in [-0.25, -0.2) is 0 Å². The van der Waals surface area contributed by atoms with E-state index in [9.17, 15) is 0 Å². The molecule has 0 saturated heterocycles. The maximum atomic E-state index is 5.95. The summed E-state index contributed by atoms with van der Waals surface area (Å²) >= 11 is 2.04. The van der Waals surface area contributed by atoms with E-state index >= 15 is 0 Å². The van der Waals surface area contributed by atoms with E-state index in [2.05, 4.69) is 18.7 Å². The second-order valence-electron chi connectivity index (χ2n) is 4.64. The molecule has 0 radical (unpaired) electrons. The Bertz CT molecular complexity index is 169. The molecule has 0 aromatic heterocycles. The molecule has 16 heavy (non-hydrogen) atoms. The van der Waals surface area contributed by atoms with Crippen molar-refractivity contribution in [2.24, 2.45) is 5.73 Å². The summed E-state index contributed by atoms with van der Waals surface area (Å²) in [4.78, 5) is 2.67. The van der Waals surface area contributed by atoms with Crippen molar-refractivity contribution >= 4 is 11.8 Å². The maximum Gasteiger partial charge on any atom is 0.0229 e. The Hall–Kier alpha value is 0.270. The standard InChI is InChI=1S/C13H28N2S/c1-3-15(12-7-5-6-8-12)13(11-14)9-10-16-4-2/h12-13H,3-11,14H2,1-2H3. The summed E-state index contributed by atoms with van der Waals surface area (Å²) < 4.78 is 0. The fraction of sp³-hybridized carbons (Fsp3) is 1.00. The molecule has 1 atom stereocenters. The van der Waals surface area contributed by atoms with Gasteiger partial charge in [0.25, 0.3) is 0 Å². The molecule has 2 N–H and O–H groups in total. The fourth-order valence-electron chi connectivity index (χ4n) is 2.83. The zero-order valence-electron chi connectivity index (χ0n) is 11.0. The largest absolute Gasteiger partial charge is 0.329 e. The van der Waals surface area contributed by atoms with Crippen LogP contribution in [-0.2, 0) is 0 Å². The van der Waals surface area contributed by atoms with Crippen molar-refractivity contribution in [2.75, 3.05) is 24.6 Å². The molecule has 0 amide bonds.